The summed E-state index contributed by atoms with van der Waals surface area (Å²) in [5.41, 5.74) is -0.844. The largest absolute Gasteiger partial charge is 0.342 e. The Hall–Kier alpha value is -2.12. The molecule has 2 rings (SSSR count). The zero-order chi connectivity index (χ0) is 19.3. The minimum Gasteiger partial charge on any atom is -0.342 e. The number of nitrogens with one attached hydrogen (secondary N) is 1. The molecule has 0 aromatic heterocycles. The van der Waals surface area contributed by atoms with E-state index in [1.165, 1.54) is 11.9 Å². The predicted octanol–water partition coefficient (Wildman–Crippen LogP) is 0.958. The molecule has 1 saturated heterocycles. The molecule has 1 aliphatic heterocycles. The van der Waals surface area contributed by atoms with Crippen molar-refractivity contribution in [3.05, 3.63) is 0 Å². The van der Waals surface area contributed by atoms with Crippen LogP contribution in [0.3, 0.4) is 0 Å². The first-order chi connectivity index (χ1) is 12.3. The summed E-state index contributed by atoms with van der Waals surface area (Å²) in [7, 11) is 1.52. The van der Waals surface area contributed by atoms with Crippen molar-refractivity contribution < 1.29 is 19.2 Å². The quantitative estimate of drug-likeness (QED) is 0.709. The molecule has 0 unspecified atom stereocenters. The van der Waals surface area contributed by atoms with Crippen molar-refractivity contribution in [3.63, 3.8) is 0 Å². The summed E-state index contributed by atoms with van der Waals surface area (Å²) < 4.78 is 0. The second kappa shape index (κ2) is 8.51. The maximum absolute atomic E-state index is 12.8. The molecule has 2 aliphatic rings. The Bertz CT molecular complexity index is 566. The Morgan fingerprint density at radius 1 is 1.04 bits per heavy atom. The number of carbonyl (C=O) groups excluding carboxylic acids is 4. The lowest BCUT2D eigenvalue weighted by atomic mass is 9.90. The summed E-state index contributed by atoms with van der Waals surface area (Å²) in [6.45, 7) is 4.52. The lowest BCUT2D eigenvalue weighted by Crippen LogP contribution is -2.48. The van der Waals surface area contributed by atoms with Gasteiger partial charge in [0.25, 0.3) is 5.91 Å². The molecule has 1 aliphatic carbocycles. The van der Waals surface area contributed by atoms with Crippen molar-refractivity contribution in [2.75, 3.05) is 33.2 Å². The zero-order valence-electron chi connectivity index (χ0n) is 16.0. The smallest absolute Gasteiger partial charge is 0.325 e. The SMILES string of the molecule is CCN(CC)C(=O)CN(C)C(=O)CN1C(=O)NC2(CCCCCC2)C1=O. The van der Waals surface area contributed by atoms with Crippen LogP contribution >= 0.6 is 0 Å². The Kier molecular flexibility index (Phi) is 6.61. The molecule has 0 aromatic carbocycles. The fourth-order valence-electron chi connectivity index (χ4n) is 3.71. The number of hydrogen-bond donors (Lipinski definition) is 1. The van der Waals surface area contributed by atoms with E-state index in [2.05, 4.69) is 5.32 Å². The molecule has 146 valence electrons. The van der Waals surface area contributed by atoms with Crippen LogP contribution in [0.2, 0.25) is 0 Å². The average molecular weight is 366 g/mol. The van der Waals surface area contributed by atoms with Crippen LogP contribution in [0.4, 0.5) is 4.79 Å². The Labute approximate surface area is 154 Å². The lowest BCUT2D eigenvalue weighted by molar-refractivity contribution is -0.142. The third-order valence-electron chi connectivity index (χ3n) is 5.41. The summed E-state index contributed by atoms with van der Waals surface area (Å²) in [5.74, 6) is -0.871. The third kappa shape index (κ3) is 4.16. The van der Waals surface area contributed by atoms with Gasteiger partial charge in [0, 0.05) is 20.1 Å². The van der Waals surface area contributed by atoms with E-state index in [4.69, 9.17) is 0 Å². The molecule has 1 saturated carbocycles. The number of likely N-dealkylation sites (N-methyl/N-ethyl adjacent to an activating group) is 2. The standard InChI is InChI=1S/C18H30N4O4/c1-4-21(5-2)15(24)12-20(3)14(23)13-22-16(25)18(19-17(22)26)10-8-6-7-9-11-18/h4-13H2,1-3H3,(H,19,26). The number of nitrogens with zero attached hydrogens (tertiary/aromatic N) is 3. The van der Waals surface area contributed by atoms with Crippen LogP contribution < -0.4 is 5.32 Å². The van der Waals surface area contributed by atoms with Crippen LogP contribution in [-0.4, -0.2) is 77.2 Å². The number of carbonyl (C=O) groups is 4. The Morgan fingerprint density at radius 2 is 1.62 bits per heavy atom. The maximum atomic E-state index is 12.8. The molecule has 26 heavy (non-hydrogen) atoms. The van der Waals surface area contributed by atoms with Gasteiger partial charge in [-0.1, -0.05) is 25.7 Å². The monoisotopic (exact) mass is 366 g/mol. The van der Waals surface area contributed by atoms with Crippen LogP contribution in [0.1, 0.15) is 52.4 Å². The minimum atomic E-state index is -0.844. The van der Waals surface area contributed by atoms with Gasteiger partial charge in [-0.3, -0.25) is 19.3 Å². The molecule has 1 heterocycles. The third-order valence-corrected chi connectivity index (χ3v) is 5.41. The molecule has 0 atom stereocenters. The summed E-state index contributed by atoms with van der Waals surface area (Å²) >= 11 is 0. The summed E-state index contributed by atoms with van der Waals surface area (Å²) in [6, 6.07) is -0.506. The van der Waals surface area contributed by atoms with Gasteiger partial charge in [-0.05, 0) is 26.7 Å². The highest BCUT2D eigenvalue weighted by Gasteiger charge is 2.51. The fourth-order valence-corrected chi connectivity index (χ4v) is 3.71. The number of urea groups is 1. The highest BCUT2D eigenvalue weighted by Crippen LogP contribution is 2.32. The van der Waals surface area contributed by atoms with E-state index in [-0.39, 0.29) is 24.9 Å². The summed E-state index contributed by atoms with van der Waals surface area (Å²) in [6.07, 6.45) is 5.15. The molecule has 1 N–H and O–H groups in total. The Morgan fingerprint density at radius 3 is 2.15 bits per heavy atom. The van der Waals surface area contributed by atoms with E-state index in [0.29, 0.717) is 25.9 Å². The average Bonchev–Trinajstić information content (AvgIpc) is 2.77. The van der Waals surface area contributed by atoms with E-state index in [1.807, 2.05) is 13.8 Å². The van der Waals surface area contributed by atoms with E-state index in [9.17, 15) is 19.2 Å². The first-order valence-corrected chi connectivity index (χ1v) is 9.50. The van der Waals surface area contributed by atoms with Crippen molar-refractivity contribution in [1.82, 2.24) is 20.0 Å². The predicted molar refractivity (Wildman–Crippen MR) is 96.2 cm³/mol. The van der Waals surface area contributed by atoms with Gasteiger partial charge in [0.1, 0.15) is 12.1 Å². The number of amides is 5. The van der Waals surface area contributed by atoms with E-state index < -0.39 is 17.5 Å². The number of hydrogen-bond acceptors (Lipinski definition) is 4. The molecule has 0 aromatic rings. The van der Waals surface area contributed by atoms with Gasteiger partial charge in [0.05, 0.1) is 6.54 Å². The maximum Gasteiger partial charge on any atom is 0.325 e. The van der Waals surface area contributed by atoms with Gasteiger partial charge in [0.2, 0.25) is 11.8 Å². The molecular formula is C18H30N4O4. The zero-order valence-corrected chi connectivity index (χ0v) is 16.0. The van der Waals surface area contributed by atoms with Crippen LogP contribution in [0, 0.1) is 0 Å². The van der Waals surface area contributed by atoms with Crippen LogP contribution in [0.15, 0.2) is 0 Å². The first-order valence-electron chi connectivity index (χ1n) is 9.50. The summed E-state index contributed by atoms with van der Waals surface area (Å²) in [4.78, 5) is 53.6. The van der Waals surface area contributed by atoms with Crippen molar-refractivity contribution in [2.24, 2.45) is 0 Å². The molecule has 8 heteroatoms. The van der Waals surface area contributed by atoms with Crippen molar-refractivity contribution in [3.8, 4) is 0 Å². The van der Waals surface area contributed by atoms with Gasteiger partial charge in [-0.2, -0.15) is 0 Å². The van der Waals surface area contributed by atoms with Crippen LogP contribution in [0.5, 0.6) is 0 Å². The molecule has 0 bridgehead atoms. The summed E-state index contributed by atoms with van der Waals surface area (Å²) in [5, 5.41) is 2.82. The molecule has 1 spiro atoms. The highest BCUT2D eigenvalue weighted by atomic mass is 16.2. The Balaban J connectivity index is 1.98. The lowest BCUT2D eigenvalue weighted by Gasteiger charge is -2.26. The van der Waals surface area contributed by atoms with Gasteiger partial charge < -0.3 is 15.1 Å². The molecule has 0 radical (unpaired) electrons. The highest BCUT2D eigenvalue weighted by molar-refractivity contribution is 6.09. The number of rotatable bonds is 6. The van der Waals surface area contributed by atoms with Gasteiger partial charge in [-0.25, -0.2) is 4.79 Å². The van der Waals surface area contributed by atoms with Crippen LogP contribution in [0.25, 0.3) is 0 Å². The minimum absolute atomic E-state index is 0.0602. The normalized spacial score (nSPS) is 19.3. The van der Waals surface area contributed by atoms with Gasteiger partial charge in [-0.15, -0.1) is 0 Å². The van der Waals surface area contributed by atoms with Crippen molar-refractivity contribution in [2.45, 2.75) is 57.9 Å². The molecular weight excluding hydrogens is 336 g/mol. The second-order valence-electron chi connectivity index (χ2n) is 7.13. The van der Waals surface area contributed by atoms with Crippen LogP contribution in [-0.2, 0) is 14.4 Å². The second-order valence-corrected chi connectivity index (χ2v) is 7.13. The van der Waals surface area contributed by atoms with Gasteiger partial charge >= 0.3 is 6.03 Å². The van der Waals surface area contributed by atoms with E-state index >= 15 is 0 Å². The first kappa shape index (κ1) is 20.2. The van der Waals surface area contributed by atoms with Crippen molar-refractivity contribution in [1.29, 1.82) is 0 Å². The van der Waals surface area contributed by atoms with Crippen molar-refractivity contribution >= 4 is 23.8 Å². The number of imide groups is 1. The molecule has 5 amide bonds. The molecule has 2 fully saturated rings. The van der Waals surface area contributed by atoms with E-state index in [1.54, 1.807) is 4.90 Å². The fraction of sp³-hybridized carbons (Fsp3) is 0.778. The topological polar surface area (TPSA) is 90.0 Å². The molecule has 8 nitrogen and oxygen atoms in total. The van der Waals surface area contributed by atoms with E-state index in [0.717, 1.165) is 30.6 Å². The van der Waals surface area contributed by atoms with Gasteiger partial charge in [0.15, 0.2) is 0 Å².